The van der Waals surface area contributed by atoms with Gasteiger partial charge in [0.2, 0.25) is 0 Å². The molecule has 7 heteroatoms. The van der Waals surface area contributed by atoms with Crippen molar-refractivity contribution in [3.63, 3.8) is 0 Å². The van der Waals surface area contributed by atoms with Gasteiger partial charge in [0.05, 0.1) is 11.2 Å². The van der Waals surface area contributed by atoms with Gasteiger partial charge in [-0.25, -0.2) is 9.78 Å². The van der Waals surface area contributed by atoms with Crippen LogP contribution in [0.4, 0.5) is 0 Å². The van der Waals surface area contributed by atoms with Gasteiger partial charge in [-0.05, 0) is 25.1 Å². The molecule has 0 atom stereocenters. The van der Waals surface area contributed by atoms with Gasteiger partial charge >= 0.3 is 5.97 Å². The van der Waals surface area contributed by atoms with E-state index in [1.165, 1.54) is 23.1 Å². The second-order valence-corrected chi connectivity index (χ2v) is 7.00. The molecule has 3 aromatic rings. The van der Waals surface area contributed by atoms with Crippen molar-refractivity contribution in [2.75, 3.05) is 0 Å². The molecule has 0 radical (unpaired) electrons. The quantitative estimate of drug-likeness (QED) is 0.762. The Morgan fingerprint density at radius 1 is 1.38 bits per heavy atom. The fourth-order valence-electron chi connectivity index (χ4n) is 1.89. The number of halogens is 1. The van der Waals surface area contributed by atoms with Gasteiger partial charge in [0.25, 0.3) is 0 Å². The summed E-state index contributed by atoms with van der Waals surface area (Å²) in [4.78, 5) is 20.9. The SMILES string of the molecule is Cc1nc(Sc2ccnc3cc(Cl)ccc23)sc1C(=O)O. The van der Waals surface area contributed by atoms with Gasteiger partial charge in [0.15, 0.2) is 4.34 Å². The molecule has 0 aliphatic rings. The number of carboxylic acids is 1. The van der Waals surface area contributed by atoms with Crippen molar-refractivity contribution in [1.82, 2.24) is 9.97 Å². The fraction of sp³-hybridized carbons (Fsp3) is 0.0714. The smallest absolute Gasteiger partial charge is 0.347 e. The number of carboxylic acid groups (broad SMARTS) is 1. The van der Waals surface area contributed by atoms with Crippen LogP contribution in [0.15, 0.2) is 39.7 Å². The van der Waals surface area contributed by atoms with Crippen LogP contribution in [0.5, 0.6) is 0 Å². The molecule has 1 N–H and O–H groups in total. The molecule has 106 valence electrons. The fourth-order valence-corrected chi connectivity index (χ4v) is 4.16. The first-order valence-corrected chi connectivity index (χ1v) is 7.98. The summed E-state index contributed by atoms with van der Waals surface area (Å²) in [7, 11) is 0. The summed E-state index contributed by atoms with van der Waals surface area (Å²) < 4.78 is 0.701. The molecule has 4 nitrogen and oxygen atoms in total. The Kier molecular flexibility index (Phi) is 3.84. The van der Waals surface area contributed by atoms with Crippen LogP contribution in [0.25, 0.3) is 10.9 Å². The van der Waals surface area contributed by atoms with Crippen molar-refractivity contribution < 1.29 is 9.90 Å². The zero-order chi connectivity index (χ0) is 15.0. The highest BCUT2D eigenvalue weighted by Crippen LogP contribution is 2.36. The topological polar surface area (TPSA) is 63.1 Å². The molecule has 0 bridgehead atoms. The van der Waals surface area contributed by atoms with E-state index < -0.39 is 5.97 Å². The zero-order valence-electron chi connectivity index (χ0n) is 10.8. The standard InChI is InChI=1S/C14H9ClN2O2S2/c1-7-12(13(18)19)21-14(17-7)20-11-4-5-16-10-6-8(15)2-3-9(10)11/h2-6H,1H3,(H,18,19). The van der Waals surface area contributed by atoms with Crippen LogP contribution < -0.4 is 0 Å². The van der Waals surface area contributed by atoms with Crippen molar-refractivity contribution in [2.24, 2.45) is 0 Å². The van der Waals surface area contributed by atoms with Crippen molar-refractivity contribution in [1.29, 1.82) is 0 Å². The maximum absolute atomic E-state index is 11.1. The summed E-state index contributed by atoms with van der Waals surface area (Å²) in [6.07, 6.45) is 1.71. The van der Waals surface area contributed by atoms with Crippen LogP contribution in [0.1, 0.15) is 15.4 Å². The van der Waals surface area contributed by atoms with Crippen molar-refractivity contribution >= 4 is 51.6 Å². The monoisotopic (exact) mass is 336 g/mol. The molecule has 0 aliphatic heterocycles. The van der Waals surface area contributed by atoms with Crippen LogP contribution in [-0.4, -0.2) is 21.0 Å². The lowest BCUT2D eigenvalue weighted by Crippen LogP contribution is -1.94. The largest absolute Gasteiger partial charge is 0.477 e. The van der Waals surface area contributed by atoms with Gasteiger partial charge in [0.1, 0.15) is 4.88 Å². The maximum atomic E-state index is 11.1. The molecule has 0 saturated carbocycles. The second kappa shape index (κ2) is 5.63. The van der Waals surface area contributed by atoms with Crippen molar-refractivity contribution in [2.45, 2.75) is 16.2 Å². The molecule has 0 fully saturated rings. The molecule has 0 aliphatic carbocycles. The summed E-state index contributed by atoms with van der Waals surface area (Å²) in [5.41, 5.74) is 1.34. The molecule has 0 unspecified atom stereocenters. The van der Waals surface area contributed by atoms with E-state index in [-0.39, 0.29) is 4.88 Å². The number of rotatable bonds is 3. The normalized spacial score (nSPS) is 11.0. The Bertz CT molecular complexity index is 848. The first-order chi connectivity index (χ1) is 10.0. The molecule has 3 rings (SSSR count). The number of carbonyl (C=O) groups is 1. The number of hydrogen-bond acceptors (Lipinski definition) is 5. The Labute approximate surface area is 133 Å². The highest BCUT2D eigenvalue weighted by Gasteiger charge is 2.15. The van der Waals surface area contributed by atoms with E-state index in [9.17, 15) is 4.79 Å². The minimum atomic E-state index is -0.941. The van der Waals surface area contributed by atoms with Crippen LogP contribution >= 0.6 is 34.7 Å². The first kappa shape index (κ1) is 14.3. The van der Waals surface area contributed by atoms with Crippen LogP contribution in [0.3, 0.4) is 0 Å². The van der Waals surface area contributed by atoms with Crippen LogP contribution in [0.2, 0.25) is 5.02 Å². The molecular formula is C14H9ClN2O2S2. The van der Waals surface area contributed by atoms with Crippen molar-refractivity contribution in [3.8, 4) is 0 Å². The molecule has 0 saturated heterocycles. The van der Waals surface area contributed by atoms with E-state index in [1.54, 1.807) is 19.2 Å². The van der Waals surface area contributed by atoms with Crippen molar-refractivity contribution in [3.05, 3.63) is 46.1 Å². The molecular weight excluding hydrogens is 328 g/mol. The third kappa shape index (κ3) is 2.88. The predicted octanol–water partition coefficient (Wildman–Crippen LogP) is 4.50. The predicted molar refractivity (Wildman–Crippen MR) is 84.7 cm³/mol. The number of hydrogen-bond donors (Lipinski definition) is 1. The van der Waals surface area contributed by atoms with E-state index >= 15 is 0 Å². The average molecular weight is 337 g/mol. The Morgan fingerprint density at radius 3 is 2.90 bits per heavy atom. The molecule has 2 aromatic heterocycles. The number of benzene rings is 1. The number of fused-ring (bicyclic) bond motifs is 1. The van der Waals surface area contributed by atoms with E-state index in [2.05, 4.69) is 9.97 Å². The second-order valence-electron chi connectivity index (χ2n) is 4.27. The van der Waals surface area contributed by atoms with Gasteiger partial charge < -0.3 is 5.11 Å². The Balaban J connectivity index is 2.02. The summed E-state index contributed by atoms with van der Waals surface area (Å²) in [6, 6.07) is 7.41. The molecule has 21 heavy (non-hydrogen) atoms. The Hall–Kier alpha value is -1.63. The average Bonchev–Trinajstić information content (AvgIpc) is 2.79. The molecule has 0 spiro atoms. The summed E-state index contributed by atoms with van der Waals surface area (Å²) in [5.74, 6) is -0.941. The van der Waals surface area contributed by atoms with E-state index in [4.69, 9.17) is 16.7 Å². The first-order valence-electron chi connectivity index (χ1n) is 5.97. The third-order valence-corrected chi connectivity index (χ3v) is 5.35. The highest BCUT2D eigenvalue weighted by molar-refractivity contribution is 8.01. The lowest BCUT2D eigenvalue weighted by atomic mass is 10.2. The van der Waals surface area contributed by atoms with Crippen LogP contribution in [0, 0.1) is 6.92 Å². The third-order valence-electron chi connectivity index (χ3n) is 2.83. The minimum absolute atomic E-state index is 0.277. The van der Waals surface area contributed by atoms with Crippen LogP contribution in [-0.2, 0) is 0 Å². The number of aryl methyl sites for hydroxylation is 1. The minimum Gasteiger partial charge on any atom is -0.477 e. The number of aromatic carboxylic acids is 1. The number of aromatic nitrogens is 2. The molecule has 1 aromatic carbocycles. The maximum Gasteiger partial charge on any atom is 0.347 e. The number of thiazole rings is 1. The van der Waals surface area contributed by atoms with E-state index in [0.717, 1.165) is 15.8 Å². The van der Waals surface area contributed by atoms with Gasteiger partial charge in [0, 0.05) is 21.5 Å². The molecule has 0 amide bonds. The van der Waals surface area contributed by atoms with Gasteiger partial charge in [-0.1, -0.05) is 29.4 Å². The lowest BCUT2D eigenvalue weighted by molar-refractivity contribution is 0.0701. The molecule has 2 heterocycles. The van der Waals surface area contributed by atoms with Gasteiger partial charge in [-0.15, -0.1) is 11.3 Å². The number of pyridine rings is 1. The van der Waals surface area contributed by atoms with E-state index in [0.29, 0.717) is 15.1 Å². The number of nitrogens with zero attached hydrogens (tertiary/aromatic N) is 2. The summed E-state index contributed by atoms with van der Waals surface area (Å²) in [6.45, 7) is 1.70. The van der Waals surface area contributed by atoms with Gasteiger partial charge in [-0.2, -0.15) is 0 Å². The van der Waals surface area contributed by atoms with Gasteiger partial charge in [-0.3, -0.25) is 4.98 Å². The summed E-state index contributed by atoms with van der Waals surface area (Å²) in [5, 5.41) is 10.7. The lowest BCUT2D eigenvalue weighted by Gasteiger charge is -2.03. The van der Waals surface area contributed by atoms with E-state index in [1.807, 2.05) is 18.2 Å². The highest BCUT2D eigenvalue weighted by atomic mass is 35.5. The summed E-state index contributed by atoms with van der Waals surface area (Å²) >= 11 is 8.58. The Morgan fingerprint density at radius 2 is 2.19 bits per heavy atom. The zero-order valence-corrected chi connectivity index (χ0v) is 13.2.